The highest BCUT2D eigenvalue weighted by Gasteiger charge is 2.23. The summed E-state index contributed by atoms with van der Waals surface area (Å²) in [5.74, 6) is -1.18. The van der Waals surface area contributed by atoms with E-state index in [1.54, 1.807) is 43.3 Å². The van der Waals surface area contributed by atoms with Gasteiger partial charge in [0.25, 0.3) is 5.56 Å². The molecule has 0 saturated heterocycles. The van der Waals surface area contributed by atoms with Crippen molar-refractivity contribution < 1.29 is 14.6 Å². The number of hydrogen-bond donors (Lipinski definition) is 1. The van der Waals surface area contributed by atoms with Gasteiger partial charge >= 0.3 is 5.97 Å². The highest BCUT2D eigenvalue weighted by atomic mass is 16.5. The number of ether oxygens (including phenoxy) is 1. The van der Waals surface area contributed by atoms with Crippen molar-refractivity contribution in [1.29, 1.82) is 0 Å². The largest absolute Gasteiger partial charge is 0.506 e. The van der Waals surface area contributed by atoms with Crippen molar-refractivity contribution >= 4 is 16.9 Å². The van der Waals surface area contributed by atoms with E-state index in [9.17, 15) is 14.7 Å². The first-order chi connectivity index (χ1) is 11.5. The Hall–Kier alpha value is -3.08. The Morgan fingerprint density at radius 2 is 1.79 bits per heavy atom. The zero-order valence-corrected chi connectivity index (χ0v) is 13.4. The number of carbonyl (C=O) groups is 1. The number of pyridine rings is 1. The van der Waals surface area contributed by atoms with Crippen LogP contribution in [0.4, 0.5) is 0 Å². The van der Waals surface area contributed by atoms with Crippen LogP contribution in [-0.2, 0) is 4.74 Å². The van der Waals surface area contributed by atoms with E-state index in [0.717, 1.165) is 5.56 Å². The molecule has 0 spiro atoms. The van der Waals surface area contributed by atoms with Gasteiger partial charge in [-0.05, 0) is 38.1 Å². The van der Waals surface area contributed by atoms with Crippen LogP contribution in [0.15, 0.2) is 53.3 Å². The summed E-state index contributed by atoms with van der Waals surface area (Å²) in [6.45, 7) is 3.72. The number of para-hydroxylation sites is 1. The molecule has 122 valence electrons. The fourth-order valence-electron chi connectivity index (χ4n) is 2.66. The second-order valence-electron chi connectivity index (χ2n) is 5.44. The van der Waals surface area contributed by atoms with Gasteiger partial charge in [0.2, 0.25) is 0 Å². The van der Waals surface area contributed by atoms with Gasteiger partial charge in [-0.2, -0.15) is 0 Å². The Kier molecular flexibility index (Phi) is 4.08. The molecule has 24 heavy (non-hydrogen) atoms. The maximum Gasteiger partial charge on any atom is 0.347 e. The van der Waals surface area contributed by atoms with E-state index in [-0.39, 0.29) is 17.9 Å². The quantitative estimate of drug-likeness (QED) is 0.752. The van der Waals surface area contributed by atoms with Crippen molar-refractivity contribution in [1.82, 2.24) is 4.57 Å². The number of fused-ring (bicyclic) bond motifs is 1. The van der Waals surface area contributed by atoms with Crippen LogP contribution in [0.5, 0.6) is 5.75 Å². The third-order valence-corrected chi connectivity index (χ3v) is 3.83. The minimum absolute atomic E-state index is 0.120. The molecular weight excluding hydrogens is 306 g/mol. The monoisotopic (exact) mass is 323 g/mol. The lowest BCUT2D eigenvalue weighted by Crippen LogP contribution is -2.27. The SMILES string of the molecule is CCOC(=O)c1c(O)c2ccccc2n(-c2ccc(C)cc2)c1=O. The van der Waals surface area contributed by atoms with Crippen LogP contribution >= 0.6 is 0 Å². The molecule has 0 aliphatic carbocycles. The second kappa shape index (κ2) is 6.20. The lowest BCUT2D eigenvalue weighted by molar-refractivity contribution is 0.0521. The van der Waals surface area contributed by atoms with Crippen molar-refractivity contribution in [3.8, 4) is 11.4 Å². The molecule has 1 aromatic heterocycles. The highest BCUT2D eigenvalue weighted by molar-refractivity contribution is 6.00. The van der Waals surface area contributed by atoms with Crippen LogP contribution in [0.25, 0.3) is 16.6 Å². The lowest BCUT2D eigenvalue weighted by Gasteiger charge is -2.14. The van der Waals surface area contributed by atoms with Gasteiger partial charge in [-0.3, -0.25) is 9.36 Å². The summed E-state index contributed by atoms with van der Waals surface area (Å²) in [7, 11) is 0. The molecular formula is C19H17NO4. The molecule has 5 nitrogen and oxygen atoms in total. The fourth-order valence-corrected chi connectivity index (χ4v) is 2.66. The molecule has 0 bridgehead atoms. The van der Waals surface area contributed by atoms with Crippen LogP contribution in [0, 0.1) is 6.92 Å². The summed E-state index contributed by atoms with van der Waals surface area (Å²) in [5.41, 5.74) is 1.24. The molecule has 3 rings (SSSR count). The van der Waals surface area contributed by atoms with Crippen molar-refractivity contribution in [2.24, 2.45) is 0 Å². The smallest absolute Gasteiger partial charge is 0.347 e. The van der Waals surface area contributed by atoms with Crippen molar-refractivity contribution in [3.63, 3.8) is 0 Å². The first kappa shape index (κ1) is 15.8. The van der Waals surface area contributed by atoms with E-state index < -0.39 is 11.5 Å². The Balaban J connectivity index is 2.41. The van der Waals surface area contributed by atoms with Crippen LogP contribution in [0.3, 0.4) is 0 Å². The molecule has 2 aromatic carbocycles. The topological polar surface area (TPSA) is 68.5 Å². The number of hydrogen-bond acceptors (Lipinski definition) is 4. The van der Waals surface area contributed by atoms with Crippen LogP contribution < -0.4 is 5.56 Å². The number of rotatable bonds is 3. The second-order valence-corrected chi connectivity index (χ2v) is 5.44. The number of aromatic hydroxyl groups is 1. The van der Waals surface area contributed by atoms with Gasteiger partial charge in [-0.1, -0.05) is 29.8 Å². The van der Waals surface area contributed by atoms with Crippen LogP contribution in [0.2, 0.25) is 0 Å². The molecule has 0 aliphatic rings. The Morgan fingerprint density at radius 3 is 2.46 bits per heavy atom. The summed E-state index contributed by atoms with van der Waals surface area (Å²) in [6, 6.07) is 14.3. The summed E-state index contributed by atoms with van der Waals surface area (Å²) < 4.78 is 6.35. The van der Waals surface area contributed by atoms with E-state index in [1.807, 2.05) is 19.1 Å². The van der Waals surface area contributed by atoms with E-state index >= 15 is 0 Å². The van der Waals surface area contributed by atoms with E-state index in [2.05, 4.69) is 0 Å². The standard InChI is InChI=1S/C19H17NO4/c1-3-24-19(23)16-17(21)14-6-4-5-7-15(14)20(18(16)22)13-10-8-12(2)9-11-13/h4-11,21H,3H2,1-2H3. The molecule has 0 amide bonds. The minimum atomic E-state index is -0.827. The fraction of sp³-hybridized carbons (Fsp3) is 0.158. The molecule has 0 saturated carbocycles. The Morgan fingerprint density at radius 1 is 1.12 bits per heavy atom. The summed E-state index contributed by atoms with van der Waals surface area (Å²) in [5, 5.41) is 10.8. The summed E-state index contributed by atoms with van der Waals surface area (Å²) >= 11 is 0. The predicted octanol–water partition coefficient (Wildman–Crippen LogP) is 3.18. The zero-order chi connectivity index (χ0) is 17.3. The number of benzene rings is 2. The lowest BCUT2D eigenvalue weighted by atomic mass is 10.1. The maximum atomic E-state index is 12.9. The molecule has 0 unspecified atom stereocenters. The van der Waals surface area contributed by atoms with Gasteiger partial charge < -0.3 is 9.84 Å². The molecule has 5 heteroatoms. The normalized spacial score (nSPS) is 10.8. The molecule has 0 fully saturated rings. The molecule has 0 aliphatic heterocycles. The van der Waals surface area contributed by atoms with E-state index in [1.165, 1.54) is 4.57 Å². The van der Waals surface area contributed by atoms with Gasteiger partial charge in [-0.25, -0.2) is 4.79 Å². The van der Waals surface area contributed by atoms with Gasteiger partial charge in [-0.15, -0.1) is 0 Å². The van der Waals surface area contributed by atoms with Gasteiger partial charge in [0, 0.05) is 11.1 Å². The Labute approximate surface area is 138 Å². The van der Waals surface area contributed by atoms with E-state index in [4.69, 9.17) is 4.74 Å². The molecule has 3 aromatic rings. The molecule has 1 N–H and O–H groups in total. The first-order valence-electron chi connectivity index (χ1n) is 7.65. The predicted molar refractivity (Wildman–Crippen MR) is 91.9 cm³/mol. The zero-order valence-electron chi connectivity index (χ0n) is 13.4. The first-order valence-corrected chi connectivity index (χ1v) is 7.65. The number of nitrogens with zero attached hydrogens (tertiary/aromatic N) is 1. The van der Waals surface area contributed by atoms with Crippen LogP contribution in [0.1, 0.15) is 22.8 Å². The van der Waals surface area contributed by atoms with Crippen LogP contribution in [-0.4, -0.2) is 22.2 Å². The van der Waals surface area contributed by atoms with E-state index in [0.29, 0.717) is 16.6 Å². The molecule has 0 radical (unpaired) electrons. The summed E-state index contributed by atoms with van der Waals surface area (Å²) in [6.07, 6.45) is 0. The van der Waals surface area contributed by atoms with Gasteiger partial charge in [0.1, 0.15) is 5.75 Å². The number of carbonyl (C=O) groups excluding carboxylic acids is 1. The molecule has 1 heterocycles. The number of aryl methyl sites for hydroxylation is 1. The number of aromatic nitrogens is 1. The maximum absolute atomic E-state index is 12.9. The van der Waals surface area contributed by atoms with Crippen molar-refractivity contribution in [3.05, 3.63) is 70.0 Å². The average molecular weight is 323 g/mol. The third kappa shape index (κ3) is 2.54. The van der Waals surface area contributed by atoms with Crippen molar-refractivity contribution in [2.45, 2.75) is 13.8 Å². The van der Waals surface area contributed by atoms with Gasteiger partial charge in [0.15, 0.2) is 5.56 Å². The average Bonchev–Trinajstić information content (AvgIpc) is 2.57. The minimum Gasteiger partial charge on any atom is -0.506 e. The van der Waals surface area contributed by atoms with Crippen molar-refractivity contribution in [2.75, 3.05) is 6.61 Å². The molecule has 0 atom stereocenters. The Bertz CT molecular complexity index is 971. The highest BCUT2D eigenvalue weighted by Crippen LogP contribution is 2.28. The third-order valence-electron chi connectivity index (χ3n) is 3.83. The van der Waals surface area contributed by atoms with Gasteiger partial charge in [0.05, 0.1) is 12.1 Å². The summed E-state index contributed by atoms with van der Waals surface area (Å²) in [4.78, 5) is 25.1. The number of esters is 1.